The summed E-state index contributed by atoms with van der Waals surface area (Å²) in [5.41, 5.74) is 1.69. The molecule has 2 heterocycles. The Morgan fingerprint density at radius 3 is 3.09 bits per heavy atom. The molecule has 2 unspecified atom stereocenters. The second-order valence-corrected chi connectivity index (χ2v) is 6.93. The standard InChI is InChI=1S/C17H21N3OS/c1-12-5-4-6-13(9-12)19-16(21)10-14-11-22-17(20-14)15-7-2-3-8-18-15/h2-3,7-8,11-13H,4-6,9-10H2,1H3,(H,19,21). The van der Waals surface area contributed by atoms with Crippen LogP contribution in [-0.4, -0.2) is 21.9 Å². The summed E-state index contributed by atoms with van der Waals surface area (Å²) in [6.45, 7) is 2.26. The van der Waals surface area contributed by atoms with Crippen molar-refractivity contribution in [2.45, 2.75) is 45.1 Å². The number of carbonyl (C=O) groups is 1. The molecule has 5 heteroatoms. The molecule has 2 atom stereocenters. The van der Waals surface area contributed by atoms with E-state index in [0.29, 0.717) is 18.4 Å². The number of carbonyl (C=O) groups excluding carboxylic acids is 1. The summed E-state index contributed by atoms with van der Waals surface area (Å²) >= 11 is 1.54. The highest BCUT2D eigenvalue weighted by molar-refractivity contribution is 7.13. The highest BCUT2D eigenvalue weighted by Crippen LogP contribution is 2.24. The number of amides is 1. The van der Waals surface area contributed by atoms with Gasteiger partial charge in [-0.15, -0.1) is 11.3 Å². The molecule has 0 saturated heterocycles. The van der Waals surface area contributed by atoms with E-state index in [1.807, 2.05) is 23.6 Å². The minimum Gasteiger partial charge on any atom is -0.353 e. The zero-order valence-electron chi connectivity index (χ0n) is 12.8. The molecule has 2 aromatic heterocycles. The van der Waals surface area contributed by atoms with Crippen molar-refractivity contribution >= 4 is 17.2 Å². The van der Waals surface area contributed by atoms with Crippen LogP contribution in [0.15, 0.2) is 29.8 Å². The maximum Gasteiger partial charge on any atom is 0.226 e. The van der Waals surface area contributed by atoms with Crippen LogP contribution in [-0.2, 0) is 11.2 Å². The first-order valence-corrected chi connectivity index (χ1v) is 8.74. The summed E-state index contributed by atoms with van der Waals surface area (Å²) in [5, 5.41) is 5.98. The fraction of sp³-hybridized carbons (Fsp3) is 0.471. The van der Waals surface area contributed by atoms with Gasteiger partial charge in [-0.2, -0.15) is 0 Å². The predicted molar refractivity (Wildman–Crippen MR) is 88.6 cm³/mol. The number of aromatic nitrogens is 2. The smallest absolute Gasteiger partial charge is 0.226 e. The van der Waals surface area contributed by atoms with Crippen LogP contribution in [0, 0.1) is 5.92 Å². The van der Waals surface area contributed by atoms with E-state index in [1.165, 1.54) is 24.2 Å². The van der Waals surface area contributed by atoms with Crippen molar-refractivity contribution in [3.8, 4) is 10.7 Å². The van der Waals surface area contributed by atoms with E-state index in [1.54, 1.807) is 6.20 Å². The zero-order chi connectivity index (χ0) is 15.4. The Labute approximate surface area is 135 Å². The molecule has 1 saturated carbocycles. The lowest BCUT2D eigenvalue weighted by Gasteiger charge is -2.27. The van der Waals surface area contributed by atoms with E-state index in [-0.39, 0.29) is 5.91 Å². The number of rotatable bonds is 4. The Morgan fingerprint density at radius 1 is 1.41 bits per heavy atom. The van der Waals surface area contributed by atoms with Gasteiger partial charge in [0.25, 0.3) is 0 Å². The third-order valence-corrected chi connectivity index (χ3v) is 4.99. The number of nitrogens with one attached hydrogen (secondary N) is 1. The molecule has 1 aliphatic rings. The molecule has 22 heavy (non-hydrogen) atoms. The maximum absolute atomic E-state index is 12.2. The molecule has 0 radical (unpaired) electrons. The van der Waals surface area contributed by atoms with Crippen LogP contribution >= 0.6 is 11.3 Å². The molecule has 3 rings (SSSR count). The Hall–Kier alpha value is -1.75. The highest BCUT2D eigenvalue weighted by Gasteiger charge is 2.20. The summed E-state index contributed by atoms with van der Waals surface area (Å²) < 4.78 is 0. The highest BCUT2D eigenvalue weighted by atomic mass is 32.1. The van der Waals surface area contributed by atoms with E-state index in [4.69, 9.17) is 0 Å². The molecule has 1 aliphatic carbocycles. The van der Waals surface area contributed by atoms with Crippen molar-refractivity contribution in [2.75, 3.05) is 0 Å². The second-order valence-electron chi connectivity index (χ2n) is 6.07. The molecular formula is C17H21N3OS. The minimum absolute atomic E-state index is 0.0805. The van der Waals surface area contributed by atoms with Gasteiger partial charge in [0.05, 0.1) is 17.8 Å². The minimum atomic E-state index is 0.0805. The van der Waals surface area contributed by atoms with Crippen LogP contribution in [0.5, 0.6) is 0 Å². The lowest BCUT2D eigenvalue weighted by molar-refractivity contribution is -0.121. The van der Waals surface area contributed by atoms with Crippen molar-refractivity contribution in [1.29, 1.82) is 0 Å². The maximum atomic E-state index is 12.2. The monoisotopic (exact) mass is 315 g/mol. The second kappa shape index (κ2) is 7.01. The Balaban J connectivity index is 1.57. The number of pyridine rings is 1. The van der Waals surface area contributed by atoms with Gasteiger partial charge in [-0.05, 0) is 30.9 Å². The van der Waals surface area contributed by atoms with Crippen LogP contribution < -0.4 is 5.32 Å². The van der Waals surface area contributed by atoms with Gasteiger partial charge in [-0.3, -0.25) is 9.78 Å². The number of nitrogens with zero attached hydrogens (tertiary/aromatic N) is 2. The summed E-state index contributed by atoms with van der Waals surface area (Å²) in [6, 6.07) is 6.11. The average Bonchev–Trinajstić information content (AvgIpc) is 2.96. The predicted octanol–water partition coefficient (Wildman–Crippen LogP) is 3.44. The van der Waals surface area contributed by atoms with Crippen molar-refractivity contribution in [3.05, 3.63) is 35.5 Å². The summed E-state index contributed by atoms with van der Waals surface area (Å²) in [6.07, 6.45) is 6.81. The molecule has 1 fully saturated rings. The topological polar surface area (TPSA) is 54.9 Å². The van der Waals surface area contributed by atoms with Gasteiger partial charge in [0.1, 0.15) is 5.01 Å². The van der Waals surface area contributed by atoms with Gasteiger partial charge in [0.15, 0.2) is 0 Å². The SMILES string of the molecule is CC1CCCC(NC(=O)Cc2csc(-c3ccccn3)n2)C1. The van der Waals surface area contributed by atoms with Gasteiger partial charge in [0, 0.05) is 17.6 Å². The van der Waals surface area contributed by atoms with E-state index < -0.39 is 0 Å². The quantitative estimate of drug-likeness (QED) is 0.940. The van der Waals surface area contributed by atoms with Gasteiger partial charge in [0.2, 0.25) is 5.91 Å². The van der Waals surface area contributed by atoms with E-state index in [9.17, 15) is 4.79 Å². The third-order valence-electron chi connectivity index (χ3n) is 4.08. The molecular weight excluding hydrogens is 294 g/mol. The summed E-state index contributed by atoms with van der Waals surface area (Å²) in [5.74, 6) is 0.797. The fourth-order valence-corrected chi connectivity index (χ4v) is 3.80. The van der Waals surface area contributed by atoms with Crippen LogP contribution in [0.1, 0.15) is 38.3 Å². The van der Waals surface area contributed by atoms with Crippen molar-refractivity contribution in [1.82, 2.24) is 15.3 Å². The van der Waals surface area contributed by atoms with Crippen LogP contribution in [0.2, 0.25) is 0 Å². The summed E-state index contributed by atoms with van der Waals surface area (Å²) in [4.78, 5) is 21.0. The van der Waals surface area contributed by atoms with Crippen molar-refractivity contribution < 1.29 is 4.79 Å². The van der Waals surface area contributed by atoms with Crippen LogP contribution in [0.3, 0.4) is 0 Å². The molecule has 1 N–H and O–H groups in total. The van der Waals surface area contributed by atoms with Gasteiger partial charge >= 0.3 is 0 Å². The molecule has 1 amide bonds. The molecule has 0 spiro atoms. The van der Waals surface area contributed by atoms with E-state index in [2.05, 4.69) is 22.2 Å². The fourth-order valence-electron chi connectivity index (χ4n) is 3.00. The number of thiazole rings is 1. The molecule has 2 aromatic rings. The number of hydrogen-bond donors (Lipinski definition) is 1. The lowest BCUT2D eigenvalue weighted by atomic mass is 9.87. The Kier molecular flexibility index (Phi) is 4.83. The van der Waals surface area contributed by atoms with Crippen LogP contribution in [0.25, 0.3) is 10.7 Å². The van der Waals surface area contributed by atoms with E-state index in [0.717, 1.165) is 29.2 Å². The van der Waals surface area contributed by atoms with E-state index >= 15 is 0 Å². The van der Waals surface area contributed by atoms with Gasteiger partial charge in [-0.1, -0.05) is 25.8 Å². The Morgan fingerprint density at radius 2 is 2.32 bits per heavy atom. The normalized spacial score (nSPS) is 21.5. The Bertz CT molecular complexity index is 626. The molecule has 4 nitrogen and oxygen atoms in total. The largest absolute Gasteiger partial charge is 0.353 e. The molecule has 116 valence electrons. The number of hydrogen-bond acceptors (Lipinski definition) is 4. The molecule has 0 bridgehead atoms. The first-order chi connectivity index (χ1) is 10.7. The van der Waals surface area contributed by atoms with Gasteiger partial charge in [-0.25, -0.2) is 4.98 Å². The zero-order valence-corrected chi connectivity index (χ0v) is 13.6. The van der Waals surface area contributed by atoms with Crippen LogP contribution in [0.4, 0.5) is 0 Å². The summed E-state index contributed by atoms with van der Waals surface area (Å²) in [7, 11) is 0. The average molecular weight is 315 g/mol. The van der Waals surface area contributed by atoms with Gasteiger partial charge < -0.3 is 5.32 Å². The molecule has 0 aliphatic heterocycles. The first kappa shape index (κ1) is 15.2. The van der Waals surface area contributed by atoms with Crippen molar-refractivity contribution in [3.63, 3.8) is 0 Å². The lowest BCUT2D eigenvalue weighted by Crippen LogP contribution is -2.38. The third kappa shape index (κ3) is 3.91. The molecule has 0 aromatic carbocycles. The van der Waals surface area contributed by atoms with Crippen molar-refractivity contribution in [2.24, 2.45) is 5.92 Å². The first-order valence-electron chi connectivity index (χ1n) is 7.86.